The van der Waals surface area contributed by atoms with Crippen LogP contribution in [0.3, 0.4) is 0 Å². The Morgan fingerprint density at radius 2 is 1.48 bits per heavy atom. The number of rotatable bonds is 5. The highest BCUT2D eigenvalue weighted by Crippen LogP contribution is 2.29. The van der Waals surface area contributed by atoms with Crippen LogP contribution in [0, 0.1) is 11.8 Å². The van der Waals surface area contributed by atoms with Gasteiger partial charge in [0.2, 0.25) is 0 Å². The third kappa shape index (κ3) is 7.17. The highest BCUT2D eigenvalue weighted by atomic mass is 16.6. The standard InChI is InChI=1S/C21H36N2O6/c1-20(2,3)28-17(24)14-23(9-7-16(8-10-23)18(25)26)13-15-11-22(12-15)19(27)29-21(4,5)6/h15-16H,7-14H2,1-6H3/p+1/t16-,23+. The third-order valence-electron chi connectivity index (χ3n) is 5.39. The molecule has 2 aliphatic heterocycles. The first-order valence-corrected chi connectivity index (χ1v) is 10.5. The lowest BCUT2D eigenvalue weighted by Crippen LogP contribution is -2.63. The maximum absolute atomic E-state index is 12.5. The van der Waals surface area contributed by atoms with Crippen LogP contribution in [0.25, 0.3) is 0 Å². The van der Waals surface area contributed by atoms with Gasteiger partial charge in [0.05, 0.1) is 25.6 Å². The molecule has 166 valence electrons. The summed E-state index contributed by atoms with van der Waals surface area (Å²) in [5.41, 5.74) is -1.07. The molecule has 2 aliphatic rings. The Labute approximate surface area is 173 Å². The van der Waals surface area contributed by atoms with E-state index in [0.717, 1.165) is 6.54 Å². The molecule has 8 nitrogen and oxygen atoms in total. The quantitative estimate of drug-likeness (QED) is 0.550. The van der Waals surface area contributed by atoms with Crippen molar-refractivity contribution in [1.82, 2.24) is 4.90 Å². The monoisotopic (exact) mass is 413 g/mol. The molecule has 2 heterocycles. The molecule has 0 unspecified atom stereocenters. The highest BCUT2D eigenvalue weighted by molar-refractivity contribution is 5.71. The van der Waals surface area contributed by atoms with Crippen LogP contribution < -0.4 is 0 Å². The van der Waals surface area contributed by atoms with Crippen molar-refractivity contribution in [3.63, 3.8) is 0 Å². The minimum absolute atomic E-state index is 0.243. The van der Waals surface area contributed by atoms with Crippen molar-refractivity contribution in [3.05, 3.63) is 0 Å². The van der Waals surface area contributed by atoms with E-state index in [1.54, 1.807) is 4.90 Å². The lowest BCUT2D eigenvalue weighted by Gasteiger charge is -2.48. The third-order valence-corrected chi connectivity index (χ3v) is 5.39. The number of ether oxygens (including phenoxy) is 2. The first kappa shape index (κ1) is 23.4. The van der Waals surface area contributed by atoms with E-state index in [-0.39, 0.29) is 30.4 Å². The van der Waals surface area contributed by atoms with Crippen LogP contribution in [0.1, 0.15) is 54.4 Å². The second-order valence-corrected chi connectivity index (χ2v) is 10.6. The average molecular weight is 414 g/mol. The topological polar surface area (TPSA) is 93.1 Å². The van der Waals surface area contributed by atoms with E-state index in [9.17, 15) is 19.5 Å². The van der Waals surface area contributed by atoms with Crippen molar-refractivity contribution in [2.75, 3.05) is 39.3 Å². The molecular formula is C21H37N2O6+. The summed E-state index contributed by atoms with van der Waals surface area (Å²) in [6.07, 6.45) is 0.804. The van der Waals surface area contributed by atoms with E-state index in [1.807, 2.05) is 41.5 Å². The second kappa shape index (κ2) is 8.50. The van der Waals surface area contributed by atoms with Gasteiger partial charge in [-0.05, 0) is 41.5 Å². The van der Waals surface area contributed by atoms with Crippen LogP contribution in [-0.2, 0) is 19.1 Å². The van der Waals surface area contributed by atoms with E-state index >= 15 is 0 Å². The smallest absolute Gasteiger partial charge is 0.410 e. The van der Waals surface area contributed by atoms with Crippen molar-refractivity contribution in [3.8, 4) is 0 Å². The minimum Gasteiger partial charge on any atom is -0.481 e. The maximum Gasteiger partial charge on any atom is 0.410 e. The van der Waals surface area contributed by atoms with Crippen LogP contribution in [-0.4, -0.2) is 83.0 Å². The fourth-order valence-electron chi connectivity index (χ4n) is 4.12. The number of carboxylic acid groups (broad SMARTS) is 1. The lowest BCUT2D eigenvalue weighted by atomic mass is 9.91. The molecule has 0 saturated carbocycles. The fourth-order valence-corrected chi connectivity index (χ4v) is 4.12. The number of aliphatic carboxylic acids is 1. The number of carboxylic acids is 1. The van der Waals surface area contributed by atoms with Crippen molar-refractivity contribution < 1.29 is 33.4 Å². The van der Waals surface area contributed by atoms with Crippen LogP contribution in [0.15, 0.2) is 0 Å². The van der Waals surface area contributed by atoms with Gasteiger partial charge in [0, 0.05) is 31.8 Å². The largest absolute Gasteiger partial charge is 0.481 e. The molecule has 2 rings (SSSR count). The van der Waals surface area contributed by atoms with Crippen molar-refractivity contribution >= 4 is 18.0 Å². The Hall–Kier alpha value is -1.83. The van der Waals surface area contributed by atoms with Crippen molar-refractivity contribution in [2.45, 2.75) is 65.6 Å². The molecule has 0 aromatic rings. The number of piperidine rings is 1. The van der Waals surface area contributed by atoms with E-state index in [1.165, 1.54) is 0 Å². The van der Waals surface area contributed by atoms with Gasteiger partial charge in [-0.1, -0.05) is 0 Å². The molecule has 29 heavy (non-hydrogen) atoms. The summed E-state index contributed by atoms with van der Waals surface area (Å²) in [4.78, 5) is 37.7. The Kier molecular flexibility index (Phi) is 6.87. The summed E-state index contributed by atoms with van der Waals surface area (Å²) in [6, 6.07) is 0. The van der Waals surface area contributed by atoms with E-state index in [4.69, 9.17) is 9.47 Å². The van der Waals surface area contributed by atoms with E-state index in [0.29, 0.717) is 43.5 Å². The summed E-state index contributed by atoms with van der Waals surface area (Å²) < 4.78 is 11.5. The molecular weight excluding hydrogens is 376 g/mol. The minimum atomic E-state index is -0.764. The zero-order chi connectivity index (χ0) is 22.0. The van der Waals surface area contributed by atoms with Gasteiger partial charge in [0.25, 0.3) is 0 Å². The van der Waals surface area contributed by atoms with Gasteiger partial charge in [0.1, 0.15) is 11.2 Å². The number of quaternary nitrogens is 1. The van der Waals surface area contributed by atoms with Crippen molar-refractivity contribution in [2.24, 2.45) is 11.8 Å². The van der Waals surface area contributed by atoms with Gasteiger partial charge in [-0.3, -0.25) is 4.79 Å². The molecule has 0 atom stereocenters. The Bertz CT molecular complexity index is 620. The molecule has 0 aliphatic carbocycles. The van der Waals surface area contributed by atoms with Gasteiger partial charge in [-0.15, -0.1) is 0 Å². The fraction of sp³-hybridized carbons (Fsp3) is 0.857. The molecule has 1 N–H and O–H groups in total. The number of hydrogen-bond donors (Lipinski definition) is 1. The summed E-state index contributed by atoms with van der Waals surface area (Å²) in [5.74, 6) is -1.10. The van der Waals surface area contributed by atoms with E-state index in [2.05, 4.69) is 0 Å². The van der Waals surface area contributed by atoms with Gasteiger partial charge in [-0.25, -0.2) is 9.59 Å². The number of likely N-dealkylation sites (tertiary alicyclic amines) is 2. The molecule has 0 bridgehead atoms. The Balaban J connectivity index is 1.98. The number of esters is 1. The summed E-state index contributed by atoms with van der Waals surface area (Å²) in [6.45, 7) is 14.5. The molecule has 0 aromatic heterocycles. The number of carbonyl (C=O) groups is 3. The second-order valence-electron chi connectivity index (χ2n) is 10.6. The molecule has 0 spiro atoms. The van der Waals surface area contributed by atoms with Crippen LogP contribution in [0.2, 0.25) is 0 Å². The predicted molar refractivity (Wildman–Crippen MR) is 107 cm³/mol. The molecule has 1 amide bonds. The lowest BCUT2D eigenvalue weighted by molar-refractivity contribution is -0.930. The summed E-state index contributed by atoms with van der Waals surface area (Å²) in [7, 11) is 0. The van der Waals surface area contributed by atoms with Crippen LogP contribution in [0.5, 0.6) is 0 Å². The Morgan fingerprint density at radius 3 is 1.93 bits per heavy atom. The van der Waals surface area contributed by atoms with Crippen molar-refractivity contribution in [1.29, 1.82) is 0 Å². The van der Waals surface area contributed by atoms with Gasteiger partial charge in [0.15, 0.2) is 6.54 Å². The first-order chi connectivity index (χ1) is 13.2. The molecule has 0 radical (unpaired) electrons. The normalized spacial score (nSPS) is 25.9. The van der Waals surface area contributed by atoms with Gasteiger partial charge < -0.3 is 24.0 Å². The van der Waals surface area contributed by atoms with Gasteiger partial charge >= 0.3 is 18.0 Å². The summed E-state index contributed by atoms with van der Waals surface area (Å²) in [5, 5.41) is 9.31. The molecule has 2 saturated heterocycles. The average Bonchev–Trinajstić information content (AvgIpc) is 2.47. The molecule has 8 heteroatoms. The van der Waals surface area contributed by atoms with Crippen LogP contribution >= 0.6 is 0 Å². The zero-order valence-electron chi connectivity index (χ0n) is 18.7. The number of amides is 1. The predicted octanol–water partition coefficient (Wildman–Crippen LogP) is 2.51. The first-order valence-electron chi connectivity index (χ1n) is 10.5. The SMILES string of the molecule is CC(C)(C)OC(=O)C[N@+]1(CC2CN(C(=O)OC(C)(C)C)C2)CC[C@H](C(=O)O)CC1. The van der Waals surface area contributed by atoms with Crippen LogP contribution in [0.4, 0.5) is 4.79 Å². The summed E-state index contributed by atoms with van der Waals surface area (Å²) >= 11 is 0. The van der Waals surface area contributed by atoms with E-state index < -0.39 is 17.2 Å². The Morgan fingerprint density at radius 1 is 0.966 bits per heavy atom. The zero-order valence-corrected chi connectivity index (χ0v) is 18.7. The van der Waals surface area contributed by atoms with Gasteiger partial charge in [-0.2, -0.15) is 0 Å². The number of nitrogens with zero attached hydrogens (tertiary/aromatic N) is 2. The molecule has 0 aromatic carbocycles. The maximum atomic E-state index is 12.5. The highest BCUT2D eigenvalue weighted by Gasteiger charge is 2.44. The number of carbonyl (C=O) groups excluding carboxylic acids is 2. The number of hydrogen-bond acceptors (Lipinski definition) is 5. The molecule has 2 fully saturated rings.